The molecule has 2 fully saturated rings. The molecular formula is C24H22ClFN6O7S. The van der Waals surface area contributed by atoms with Gasteiger partial charge in [-0.25, -0.2) is 13.5 Å². The molecule has 0 saturated carbocycles. The highest BCUT2D eigenvalue weighted by molar-refractivity contribution is 7.87. The van der Waals surface area contributed by atoms with Gasteiger partial charge in [-0.2, -0.15) is 22.4 Å². The summed E-state index contributed by atoms with van der Waals surface area (Å²) >= 11 is 6.21. The van der Waals surface area contributed by atoms with E-state index in [0.29, 0.717) is 9.87 Å². The van der Waals surface area contributed by atoms with Crippen molar-refractivity contribution in [1.82, 2.24) is 23.4 Å². The Morgan fingerprint density at radius 3 is 2.48 bits per heavy atom. The van der Waals surface area contributed by atoms with Gasteiger partial charge in [-0.05, 0) is 36.2 Å². The van der Waals surface area contributed by atoms with Gasteiger partial charge in [0.15, 0.2) is 5.82 Å². The number of carbonyl (C=O) groups is 3. The van der Waals surface area contributed by atoms with E-state index < -0.39 is 46.0 Å². The molecule has 1 aromatic heterocycles. The Morgan fingerprint density at radius 1 is 1.15 bits per heavy atom. The number of aromatic nitrogens is 3. The monoisotopic (exact) mass is 592 g/mol. The number of amides is 1. The third kappa shape index (κ3) is 5.03. The average molecular weight is 593 g/mol. The van der Waals surface area contributed by atoms with Crippen LogP contribution in [0, 0.1) is 5.82 Å². The maximum atomic E-state index is 13.5. The molecule has 0 aliphatic carbocycles. The first-order valence-corrected chi connectivity index (χ1v) is 13.8. The predicted octanol–water partition coefficient (Wildman–Crippen LogP) is 1.65. The summed E-state index contributed by atoms with van der Waals surface area (Å²) in [6.07, 6.45) is -0.880. The van der Waals surface area contributed by atoms with Crippen LogP contribution in [0.5, 0.6) is 0 Å². The van der Waals surface area contributed by atoms with Gasteiger partial charge in [0.25, 0.3) is 5.91 Å². The Hall–Kier alpha value is -3.92. The van der Waals surface area contributed by atoms with Crippen molar-refractivity contribution in [3.63, 3.8) is 0 Å². The number of aliphatic hydroxyl groups is 1. The van der Waals surface area contributed by atoms with Crippen molar-refractivity contribution in [2.45, 2.75) is 31.5 Å². The second kappa shape index (κ2) is 10.6. The molecule has 40 heavy (non-hydrogen) atoms. The first-order valence-electron chi connectivity index (χ1n) is 12.0. The quantitative estimate of drug-likeness (QED) is 0.326. The summed E-state index contributed by atoms with van der Waals surface area (Å²) in [5.74, 6) is -3.67. The van der Waals surface area contributed by atoms with Gasteiger partial charge in [-0.3, -0.25) is 9.59 Å². The van der Waals surface area contributed by atoms with Crippen LogP contribution in [0.1, 0.15) is 51.0 Å². The highest BCUT2D eigenvalue weighted by atomic mass is 35.5. The highest BCUT2D eigenvalue weighted by Crippen LogP contribution is 2.38. The minimum absolute atomic E-state index is 0.0310. The standard InChI is InChI=1S/C24H22ClFN6O7S/c25-20-16(2-1-3-17(20)23(36)37)22(35)31-24(27-11-13-4-6-14(26)7-5-13)28-21(29-31)18-10-19(34)32(18)40(38,39)30-9-8-15(33)12-30/h1-7,15,18,33H,8-12H2,(H,36,37)(H,27,28,29). The van der Waals surface area contributed by atoms with E-state index in [1.807, 2.05) is 0 Å². The zero-order chi connectivity index (χ0) is 28.8. The lowest BCUT2D eigenvalue weighted by atomic mass is 10.1. The number of hydrogen-bond acceptors (Lipinski definition) is 9. The number of aliphatic hydroxyl groups excluding tert-OH is 1. The Bertz CT molecular complexity index is 1610. The van der Waals surface area contributed by atoms with Crippen LogP contribution in [0.4, 0.5) is 10.3 Å². The number of anilines is 1. The summed E-state index contributed by atoms with van der Waals surface area (Å²) in [6.45, 7) is -0.0722. The fraction of sp³-hybridized carbons (Fsp3) is 0.292. The second-order valence-electron chi connectivity index (χ2n) is 9.18. The third-order valence-corrected chi connectivity index (χ3v) is 8.88. The number of nitrogens with zero attached hydrogens (tertiary/aromatic N) is 5. The molecule has 2 saturated heterocycles. The van der Waals surface area contributed by atoms with Gasteiger partial charge in [0.05, 0.1) is 28.7 Å². The fourth-order valence-electron chi connectivity index (χ4n) is 4.41. The lowest BCUT2D eigenvalue weighted by molar-refractivity contribution is -0.138. The third-order valence-electron chi connectivity index (χ3n) is 6.54. The highest BCUT2D eigenvalue weighted by Gasteiger charge is 2.51. The molecule has 0 spiro atoms. The molecule has 2 atom stereocenters. The molecule has 0 radical (unpaired) electrons. The minimum Gasteiger partial charge on any atom is -0.478 e. The van der Waals surface area contributed by atoms with Gasteiger partial charge in [-0.15, -0.1) is 5.10 Å². The van der Waals surface area contributed by atoms with E-state index in [9.17, 15) is 37.4 Å². The van der Waals surface area contributed by atoms with E-state index in [0.717, 1.165) is 8.99 Å². The average Bonchev–Trinajstić information content (AvgIpc) is 3.53. The van der Waals surface area contributed by atoms with Gasteiger partial charge in [0, 0.05) is 19.6 Å². The number of hydrogen-bond donors (Lipinski definition) is 3. The Labute approximate surface area is 232 Å². The molecule has 5 rings (SSSR count). The van der Waals surface area contributed by atoms with Crippen LogP contribution in [-0.4, -0.2) is 79.0 Å². The van der Waals surface area contributed by atoms with Crippen molar-refractivity contribution < 1.29 is 37.4 Å². The number of aromatic carboxylic acids is 1. The molecule has 0 bridgehead atoms. The van der Waals surface area contributed by atoms with E-state index in [2.05, 4.69) is 15.4 Å². The number of carboxylic acids is 1. The lowest BCUT2D eigenvalue weighted by Gasteiger charge is -2.39. The Kier molecular flexibility index (Phi) is 7.31. The fourth-order valence-corrected chi connectivity index (χ4v) is 6.47. The van der Waals surface area contributed by atoms with Gasteiger partial charge < -0.3 is 15.5 Å². The Balaban J connectivity index is 1.51. The number of nitrogens with one attached hydrogen (secondary N) is 1. The van der Waals surface area contributed by atoms with Crippen LogP contribution in [0.25, 0.3) is 0 Å². The number of β-lactam (4-membered cyclic amide) rings is 1. The number of rotatable bonds is 8. The Morgan fingerprint density at radius 2 is 1.85 bits per heavy atom. The maximum absolute atomic E-state index is 13.5. The normalized spacial score (nSPS) is 19.5. The van der Waals surface area contributed by atoms with Crippen molar-refractivity contribution in [2.75, 3.05) is 18.4 Å². The molecule has 13 nitrogen and oxygen atoms in total. The van der Waals surface area contributed by atoms with Gasteiger partial charge >= 0.3 is 16.2 Å². The maximum Gasteiger partial charge on any atom is 0.337 e. The van der Waals surface area contributed by atoms with E-state index in [1.54, 1.807) is 0 Å². The van der Waals surface area contributed by atoms with Crippen molar-refractivity contribution in [1.29, 1.82) is 0 Å². The lowest BCUT2D eigenvalue weighted by Crippen LogP contribution is -2.55. The van der Waals surface area contributed by atoms with Crippen LogP contribution in [0.3, 0.4) is 0 Å². The number of carboxylic acid groups (broad SMARTS) is 1. The van der Waals surface area contributed by atoms with Gasteiger partial charge in [0.2, 0.25) is 11.9 Å². The molecule has 3 heterocycles. The molecule has 1 amide bonds. The number of carbonyl (C=O) groups excluding carboxylic acids is 2. The van der Waals surface area contributed by atoms with E-state index in [4.69, 9.17) is 11.6 Å². The molecular weight excluding hydrogens is 571 g/mol. The van der Waals surface area contributed by atoms with Crippen molar-refractivity contribution in [3.8, 4) is 0 Å². The molecule has 16 heteroatoms. The first-order chi connectivity index (χ1) is 19.0. The molecule has 2 aliphatic rings. The van der Waals surface area contributed by atoms with E-state index in [-0.39, 0.29) is 60.4 Å². The summed E-state index contributed by atoms with van der Waals surface area (Å²) < 4.78 is 42.1. The van der Waals surface area contributed by atoms with E-state index >= 15 is 0 Å². The summed E-state index contributed by atoms with van der Waals surface area (Å²) in [4.78, 5) is 41.8. The minimum atomic E-state index is -4.30. The smallest absolute Gasteiger partial charge is 0.337 e. The number of β-amino-alcohol motifs (C(OH)–C–C–N with tert-alkyl or cyclic N) is 1. The summed E-state index contributed by atoms with van der Waals surface area (Å²) in [6, 6.07) is 8.21. The largest absolute Gasteiger partial charge is 0.478 e. The molecule has 210 valence electrons. The zero-order valence-corrected chi connectivity index (χ0v) is 22.1. The second-order valence-corrected chi connectivity index (χ2v) is 11.4. The van der Waals surface area contributed by atoms with Crippen LogP contribution in [0.2, 0.25) is 5.02 Å². The van der Waals surface area contributed by atoms with Crippen LogP contribution >= 0.6 is 11.6 Å². The van der Waals surface area contributed by atoms with E-state index in [1.165, 1.54) is 42.5 Å². The predicted molar refractivity (Wildman–Crippen MR) is 137 cm³/mol. The van der Waals surface area contributed by atoms with Gasteiger partial charge in [-0.1, -0.05) is 29.8 Å². The van der Waals surface area contributed by atoms with Crippen molar-refractivity contribution >= 4 is 45.5 Å². The zero-order valence-electron chi connectivity index (χ0n) is 20.6. The molecule has 2 aromatic carbocycles. The van der Waals surface area contributed by atoms with Crippen LogP contribution < -0.4 is 5.32 Å². The summed E-state index contributed by atoms with van der Waals surface area (Å²) in [5, 5.41) is 25.9. The summed E-state index contributed by atoms with van der Waals surface area (Å²) in [5.41, 5.74) is 0.0953. The first kappa shape index (κ1) is 27.6. The number of benzene rings is 2. The SMILES string of the molecule is O=C(O)c1cccc(C(=O)n2nc(C3CC(=O)N3S(=O)(=O)N3CCC(O)C3)nc2NCc2ccc(F)cc2)c1Cl. The molecule has 2 aliphatic heterocycles. The molecule has 3 aromatic rings. The molecule has 3 N–H and O–H groups in total. The topological polar surface area (TPSA) is 175 Å². The van der Waals surface area contributed by atoms with Crippen molar-refractivity contribution in [3.05, 3.63) is 75.8 Å². The molecule has 2 unspecified atom stereocenters. The summed E-state index contributed by atoms with van der Waals surface area (Å²) in [7, 11) is -4.30. The van der Waals surface area contributed by atoms with Gasteiger partial charge in [0.1, 0.15) is 11.9 Å². The number of halogens is 2. The van der Waals surface area contributed by atoms with Crippen LogP contribution in [0.15, 0.2) is 42.5 Å². The van der Waals surface area contributed by atoms with Crippen molar-refractivity contribution in [2.24, 2.45) is 0 Å². The van der Waals surface area contributed by atoms with Crippen LogP contribution in [-0.2, 0) is 21.5 Å².